The van der Waals surface area contributed by atoms with Crippen molar-refractivity contribution in [2.24, 2.45) is 11.7 Å². The van der Waals surface area contributed by atoms with Crippen LogP contribution in [0.5, 0.6) is 0 Å². The van der Waals surface area contributed by atoms with Crippen molar-refractivity contribution in [2.75, 3.05) is 13.1 Å². The van der Waals surface area contributed by atoms with E-state index in [-0.39, 0.29) is 6.04 Å². The summed E-state index contributed by atoms with van der Waals surface area (Å²) in [5.74, 6) is 0.829. The third-order valence-corrected chi connectivity index (χ3v) is 5.59. The minimum Gasteiger partial charge on any atom is -0.326 e. The smallest absolute Gasteiger partial charge is 0.0931 e. The Kier molecular flexibility index (Phi) is 5.70. The van der Waals surface area contributed by atoms with Gasteiger partial charge in [0.15, 0.2) is 0 Å². The number of halogens is 1. The van der Waals surface area contributed by atoms with Crippen LogP contribution in [0.2, 0.25) is 4.34 Å². The number of likely N-dealkylation sites (tertiary alicyclic amines) is 1. The van der Waals surface area contributed by atoms with E-state index in [4.69, 9.17) is 17.3 Å². The van der Waals surface area contributed by atoms with Gasteiger partial charge in [0.1, 0.15) is 0 Å². The van der Waals surface area contributed by atoms with Crippen molar-refractivity contribution in [2.45, 2.75) is 51.6 Å². The number of rotatable bonds is 5. The third-order valence-electron chi connectivity index (χ3n) is 4.28. The number of nitrogens with zero attached hydrogens (tertiary/aromatic N) is 1. The standard InChI is InChI=1S/C15H25ClN2S/c1-3-11-6-5-9-18(10-11)15(12(17)4-2)13-7-8-14(16)19-13/h7-8,11-12,15H,3-6,9-10,17H2,1-2H3. The van der Waals surface area contributed by atoms with Crippen molar-refractivity contribution in [1.82, 2.24) is 4.90 Å². The summed E-state index contributed by atoms with van der Waals surface area (Å²) in [6, 6.07) is 4.70. The lowest BCUT2D eigenvalue weighted by Gasteiger charge is -2.40. The normalized spacial score (nSPS) is 24.3. The van der Waals surface area contributed by atoms with Gasteiger partial charge >= 0.3 is 0 Å². The van der Waals surface area contributed by atoms with E-state index in [1.165, 1.54) is 37.2 Å². The van der Waals surface area contributed by atoms with Crippen LogP contribution in [-0.4, -0.2) is 24.0 Å². The highest BCUT2D eigenvalue weighted by molar-refractivity contribution is 7.16. The van der Waals surface area contributed by atoms with E-state index in [1.807, 2.05) is 6.07 Å². The average Bonchev–Trinajstić information content (AvgIpc) is 2.85. The molecule has 1 aliphatic heterocycles. The molecule has 0 aliphatic carbocycles. The van der Waals surface area contributed by atoms with E-state index in [2.05, 4.69) is 24.8 Å². The largest absolute Gasteiger partial charge is 0.326 e. The van der Waals surface area contributed by atoms with Crippen molar-refractivity contribution < 1.29 is 0 Å². The molecule has 0 saturated carbocycles. The van der Waals surface area contributed by atoms with Crippen LogP contribution >= 0.6 is 22.9 Å². The van der Waals surface area contributed by atoms with E-state index in [0.29, 0.717) is 6.04 Å². The molecule has 2 N–H and O–H groups in total. The third kappa shape index (κ3) is 3.72. The Hall–Kier alpha value is -0.0900. The lowest BCUT2D eigenvalue weighted by molar-refractivity contribution is 0.106. The van der Waals surface area contributed by atoms with Crippen LogP contribution < -0.4 is 5.73 Å². The van der Waals surface area contributed by atoms with E-state index in [9.17, 15) is 0 Å². The Morgan fingerprint density at radius 3 is 2.84 bits per heavy atom. The Morgan fingerprint density at radius 2 is 2.26 bits per heavy atom. The lowest BCUT2D eigenvalue weighted by Crippen LogP contribution is -2.45. The molecule has 1 aromatic rings. The second-order valence-electron chi connectivity index (χ2n) is 5.57. The Labute approximate surface area is 125 Å². The molecule has 108 valence electrons. The number of piperidine rings is 1. The molecule has 1 aromatic heterocycles. The SMILES string of the molecule is CCC1CCCN(C(c2ccc(Cl)s2)C(N)CC)C1. The summed E-state index contributed by atoms with van der Waals surface area (Å²) in [4.78, 5) is 3.92. The molecule has 3 atom stereocenters. The van der Waals surface area contributed by atoms with Gasteiger partial charge in [0.2, 0.25) is 0 Å². The van der Waals surface area contributed by atoms with Gasteiger partial charge in [-0.3, -0.25) is 4.90 Å². The topological polar surface area (TPSA) is 29.3 Å². The Bertz CT molecular complexity index is 393. The van der Waals surface area contributed by atoms with Crippen LogP contribution in [0.1, 0.15) is 50.4 Å². The van der Waals surface area contributed by atoms with Crippen molar-refractivity contribution in [3.63, 3.8) is 0 Å². The molecule has 0 radical (unpaired) electrons. The van der Waals surface area contributed by atoms with Gasteiger partial charge in [-0.1, -0.05) is 31.9 Å². The fraction of sp³-hybridized carbons (Fsp3) is 0.733. The van der Waals surface area contributed by atoms with E-state index < -0.39 is 0 Å². The first-order valence-corrected chi connectivity index (χ1v) is 8.60. The Morgan fingerprint density at radius 1 is 1.47 bits per heavy atom. The van der Waals surface area contributed by atoms with Crippen molar-refractivity contribution >= 4 is 22.9 Å². The maximum atomic E-state index is 6.40. The highest BCUT2D eigenvalue weighted by atomic mass is 35.5. The molecule has 3 unspecified atom stereocenters. The van der Waals surface area contributed by atoms with Gasteiger partial charge in [-0.05, 0) is 43.9 Å². The Balaban J connectivity index is 2.17. The maximum absolute atomic E-state index is 6.40. The highest BCUT2D eigenvalue weighted by Gasteiger charge is 2.30. The number of thiophene rings is 1. The van der Waals surface area contributed by atoms with E-state index in [0.717, 1.165) is 16.7 Å². The maximum Gasteiger partial charge on any atom is 0.0931 e. The van der Waals surface area contributed by atoms with Gasteiger partial charge in [0, 0.05) is 17.5 Å². The molecule has 4 heteroatoms. The zero-order valence-electron chi connectivity index (χ0n) is 11.9. The van der Waals surface area contributed by atoms with Crippen molar-refractivity contribution in [3.8, 4) is 0 Å². The molecule has 1 aliphatic rings. The summed E-state index contributed by atoms with van der Waals surface area (Å²) >= 11 is 7.79. The molecule has 0 amide bonds. The average molecular weight is 301 g/mol. The first-order chi connectivity index (χ1) is 9.15. The fourth-order valence-electron chi connectivity index (χ4n) is 3.06. The molecule has 2 heterocycles. The minimum absolute atomic E-state index is 0.199. The number of nitrogens with two attached hydrogens (primary N) is 1. The van der Waals surface area contributed by atoms with Crippen LogP contribution in [0.25, 0.3) is 0 Å². The lowest BCUT2D eigenvalue weighted by atomic mass is 9.92. The summed E-state index contributed by atoms with van der Waals surface area (Å²) in [5.41, 5.74) is 6.40. The second-order valence-corrected chi connectivity index (χ2v) is 7.32. The summed E-state index contributed by atoms with van der Waals surface area (Å²) < 4.78 is 0.868. The number of hydrogen-bond acceptors (Lipinski definition) is 3. The summed E-state index contributed by atoms with van der Waals surface area (Å²) in [7, 11) is 0. The van der Waals surface area contributed by atoms with E-state index >= 15 is 0 Å². The molecule has 19 heavy (non-hydrogen) atoms. The molecule has 1 saturated heterocycles. The minimum atomic E-state index is 0.199. The summed E-state index contributed by atoms with van der Waals surface area (Å²) in [6.45, 7) is 6.83. The molecule has 2 nitrogen and oxygen atoms in total. The predicted octanol–water partition coefficient (Wildman–Crippen LogP) is 4.30. The molecule has 0 aromatic carbocycles. The van der Waals surface area contributed by atoms with Gasteiger partial charge < -0.3 is 5.73 Å². The van der Waals surface area contributed by atoms with Crippen LogP contribution in [0.3, 0.4) is 0 Å². The highest BCUT2D eigenvalue weighted by Crippen LogP contribution is 2.35. The zero-order valence-corrected chi connectivity index (χ0v) is 13.5. The van der Waals surface area contributed by atoms with Gasteiger partial charge in [0.05, 0.1) is 10.4 Å². The van der Waals surface area contributed by atoms with Crippen LogP contribution in [0.4, 0.5) is 0 Å². The summed E-state index contributed by atoms with van der Waals surface area (Å²) in [6.07, 6.45) is 4.94. The van der Waals surface area contributed by atoms with Gasteiger partial charge in [0.25, 0.3) is 0 Å². The predicted molar refractivity (Wildman–Crippen MR) is 84.9 cm³/mol. The van der Waals surface area contributed by atoms with Gasteiger partial charge in [-0.2, -0.15) is 0 Å². The fourth-order valence-corrected chi connectivity index (χ4v) is 4.33. The molecular formula is C15H25ClN2S. The zero-order chi connectivity index (χ0) is 13.8. The second kappa shape index (κ2) is 7.07. The molecule has 2 rings (SSSR count). The van der Waals surface area contributed by atoms with E-state index in [1.54, 1.807) is 11.3 Å². The first kappa shape index (κ1) is 15.3. The van der Waals surface area contributed by atoms with Crippen LogP contribution in [0.15, 0.2) is 12.1 Å². The quantitative estimate of drug-likeness (QED) is 0.878. The number of hydrogen-bond donors (Lipinski definition) is 1. The molecular weight excluding hydrogens is 276 g/mol. The van der Waals surface area contributed by atoms with Crippen LogP contribution in [-0.2, 0) is 0 Å². The van der Waals surface area contributed by atoms with Crippen molar-refractivity contribution in [1.29, 1.82) is 0 Å². The molecule has 1 fully saturated rings. The van der Waals surface area contributed by atoms with Gasteiger partial charge in [-0.25, -0.2) is 0 Å². The molecule has 0 spiro atoms. The monoisotopic (exact) mass is 300 g/mol. The first-order valence-electron chi connectivity index (χ1n) is 7.40. The van der Waals surface area contributed by atoms with Crippen molar-refractivity contribution in [3.05, 3.63) is 21.3 Å². The van der Waals surface area contributed by atoms with Crippen LogP contribution in [0, 0.1) is 5.92 Å². The van der Waals surface area contributed by atoms with Gasteiger partial charge in [-0.15, -0.1) is 11.3 Å². The summed E-state index contributed by atoms with van der Waals surface area (Å²) in [5, 5.41) is 0. The molecule has 0 bridgehead atoms.